The molecule has 1 fully saturated rings. The number of carbonyl (C=O) groups is 1. The van der Waals surface area contributed by atoms with Crippen molar-refractivity contribution in [1.82, 2.24) is 25.1 Å². The van der Waals surface area contributed by atoms with E-state index in [-0.39, 0.29) is 18.0 Å². The fourth-order valence-corrected chi connectivity index (χ4v) is 3.62. The molecule has 0 unspecified atom stereocenters. The van der Waals surface area contributed by atoms with Crippen LogP contribution >= 0.6 is 0 Å². The minimum atomic E-state index is -0.0976. The van der Waals surface area contributed by atoms with Gasteiger partial charge in [0, 0.05) is 12.6 Å². The normalized spacial score (nSPS) is 17.6. The number of aryl methyl sites for hydroxylation is 1. The van der Waals surface area contributed by atoms with Crippen molar-refractivity contribution >= 4 is 22.8 Å². The topological polar surface area (TPSA) is 99.9 Å². The molecule has 1 atom stereocenters. The molecule has 8 heteroatoms. The first-order chi connectivity index (χ1) is 13.0. The largest absolute Gasteiger partial charge is 0.448 e. The average molecular weight is 368 g/mol. The number of piperidine rings is 1. The molecule has 0 aromatic carbocycles. The third-order valence-electron chi connectivity index (χ3n) is 4.92. The SMILES string of the molecule is Cc1ocnc1C(=O)N1CCCC[C@@H]1c1ccc2c(NC(C)C)n[nH]c2n1. The zero-order valence-electron chi connectivity index (χ0n) is 15.8. The monoisotopic (exact) mass is 368 g/mol. The Bertz CT molecular complexity index is 960. The lowest BCUT2D eigenvalue weighted by Crippen LogP contribution is -2.39. The third-order valence-corrected chi connectivity index (χ3v) is 4.92. The molecule has 4 rings (SSSR count). The van der Waals surface area contributed by atoms with Crippen LogP contribution in [0.15, 0.2) is 22.9 Å². The molecule has 3 aromatic rings. The van der Waals surface area contributed by atoms with Crippen LogP contribution in [0.5, 0.6) is 0 Å². The van der Waals surface area contributed by atoms with Crippen LogP contribution in [-0.2, 0) is 0 Å². The predicted molar refractivity (Wildman–Crippen MR) is 102 cm³/mol. The standard InChI is InChI=1S/C19H24N6O2/c1-11(2)21-17-13-7-8-14(22-18(13)24-23-17)15-6-4-5-9-25(15)19(26)16-12(3)27-10-20-16/h7-8,10-11,15H,4-6,9H2,1-3H3,(H2,21,22,23,24)/t15-/m1/s1. The zero-order valence-corrected chi connectivity index (χ0v) is 15.8. The number of hydrogen-bond donors (Lipinski definition) is 2. The first-order valence-electron chi connectivity index (χ1n) is 9.37. The van der Waals surface area contributed by atoms with Gasteiger partial charge in [0.05, 0.1) is 17.1 Å². The van der Waals surface area contributed by atoms with Crippen molar-refractivity contribution in [1.29, 1.82) is 0 Å². The van der Waals surface area contributed by atoms with Gasteiger partial charge in [0.25, 0.3) is 5.91 Å². The van der Waals surface area contributed by atoms with E-state index >= 15 is 0 Å². The fraction of sp³-hybridized carbons (Fsp3) is 0.474. The van der Waals surface area contributed by atoms with Crippen molar-refractivity contribution in [3.63, 3.8) is 0 Å². The molecule has 4 heterocycles. The Balaban J connectivity index is 1.65. The molecule has 1 amide bonds. The molecule has 8 nitrogen and oxygen atoms in total. The number of aromatic nitrogens is 4. The van der Waals surface area contributed by atoms with Crippen LogP contribution in [0, 0.1) is 6.92 Å². The molecule has 3 aromatic heterocycles. The van der Waals surface area contributed by atoms with Crippen LogP contribution in [0.25, 0.3) is 11.0 Å². The Hall–Kier alpha value is -2.90. The molecule has 1 saturated heterocycles. The van der Waals surface area contributed by atoms with Gasteiger partial charge in [-0.25, -0.2) is 9.97 Å². The number of nitrogens with zero attached hydrogens (tertiary/aromatic N) is 4. The van der Waals surface area contributed by atoms with Crippen LogP contribution in [0.1, 0.15) is 61.1 Å². The van der Waals surface area contributed by atoms with Gasteiger partial charge in [-0.15, -0.1) is 0 Å². The van der Waals surface area contributed by atoms with Crippen molar-refractivity contribution in [2.45, 2.75) is 52.1 Å². The van der Waals surface area contributed by atoms with Gasteiger partial charge in [-0.1, -0.05) is 0 Å². The summed E-state index contributed by atoms with van der Waals surface area (Å²) in [6.45, 7) is 6.59. The Kier molecular flexibility index (Phi) is 4.55. The molecule has 27 heavy (non-hydrogen) atoms. The van der Waals surface area contributed by atoms with Crippen molar-refractivity contribution in [2.24, 2.45) is 0 Å². The van der Waals surface area contributed by atoms with Gasteiger partial charge in [-0.2, -0.15) is 5.10 Å². The second-order valence-electron chi connectivity index (χ2n) is 7.27. The molecule has 0 saturated carbocycles. The number of pyridine rings is 1. The van der Waals surface area contributed by atoms with E-state index in [1.165, 1.54) is 6.39 Å². The Labute approximate surface area is 157 Å². The van der Waals surface area contributed by atoms with Gasteiger partial charge < -0.3 is 14.6 Å². The van der Waals surface area contributed by atoms with Crippen LogP contribution < -0.4 is 5.32 Å². The van der Waals surface area contributed by atoms with E-state index in [1.54, 1.807) is 6.92 Å². The number of hydrogen-bond acceptors (Lipinski definition) is 6. The molecule has 1 aliphatic heterocycles. The van der Waals surface area contributed by atoms with Gasteiger partial charge in [0.2, 0.25) is 0 Å². The number of H-pyrrole nitrogens is 1. The summed E-state index contributed by atoms with van der Waals surface area (Å²) in [5.41, 5.74) is 1.98. The van der Waals surface area contributed by atoms with Gasteiger partial charge in [-0.05, 0) is 52.2 Å². The number of amides is 1. The summed E-state index contributed by atoms with van der Waals surface area (Å²) in [6.07, 6.45) is 4.25. The van der Waals surface area contributed by atoms with Gasteiger partial charge in [0.1, 0.15) is 5.76 Å². The Morgan fingerprint density at radius 3 is 2.96 bits per heavy atom. The average Bonchev–Trinajstić information content (AvgIpc) is 3.26. The molecular weight excluding hydrogens is 344 g/mol. The Morgan fingerprint density at radius 1 is 1.37 bits per heavy atom. The molecule has 1 aliphatic rings. The summed E-state index contributed by atoms with van der Waals surface area (Å²) in [4.78, 5) is 23.7. The lowest BCUT2D eigenvalue weighted by atomic mass is 9.98. The van der Waals surface area contributed by atoms with E-state index in [0.717, 1.165) is 41.8 Å². The van der Waals surface area contributed by atoms with Crippen molar-refractivity contribution < 1.29 is 9.21 Å². The molecular formula is C19H24N6O2. The van der Waals surface area contributed by atoms with E-state index in [9.17, 15) is 4.79 Å². The van der Waals surface area contributed by atoms with Crippen LogP contribution in [0.4, 0.5) is 5.82 Å². The lowest BCUT2D eigenvalue weighted by molar-refractivity contribution is 0.0599. The predicted octanol–water partition coefficient (Wildman–Crippen LogP) is 3.44. The smallest absolute Gasteiger partial charge is 0.276 e. The molecule has 0 radical (unpaired) electrons. The number of anilines is 1. The molecule has 142 valence electrons. The maximum absolute atomic E-state index is 13.0. The summed E-state index contributed by atoms with van der Waals surface area (Å²) in [7, 11) is 0. The van der Waals surface area contributed by atoms with E-state index in [0.29, 0.717) is 18.0 Å². The zero-order chi connectivity index (χ0) is 19.0. The summed E-state index contributed by atoms with van der Waals surface area (Å²) in [5, 5.41) is 11.6. The number of likely N-dealkylation sites (tertiary alicyclic amines) is 1. The highest BCUT2D eigenvalue weighted by Gasteiger charge is 2.32. The Morgan fingerprint density at radius 2 is 2.22 bits per heavy atom. The molecule has 2 N–H and O–H groups in total. The van der Waals surface area contributed by atoms with Gasteiger partial charge >= 0.3 is 0 Å². The van der Waals surface area contributed by atoms with E-state index in [2.05, 4.69) is 34.3 Å². The summed E-state index contributed by atoms with van der Waals surface area (Å²) >= 11 is 0. The van der Waals surface area contributed by atoms with Crippen molar-refractivity contribution in [3.05, 3.63) is 35.7 Å². The van der Waals surface area contributed by atoms with Crippen LogP contribution in [0.3, 0.4) is 0 Å². The third kappa shape index (κ3) is 3.27. The molecule has 0 aliphatic carbocycles. The van der Waals surface area contributed by atoms with Crippen molar-refractivity contribution in [3.8, 4) is 0 Å². The van der Waals surface area contributed by atoms with Crippen LogP contribution in [-0.4, -0.2) is 43.6 Å². The quantitative estimate of drug-likeness (QED) is 0.732. The van der Waals surface area contributed by atoms with Gasteiger partial charge in [0.15, 0.2) is 23.6 Å². The number of rotatable bonds is 4. The highest BCUT2D eigenvalue weighted by atomic mass is 16.3. The first kappa shape index (κ1) is 17.5. The van der Waals surface area contributed by atoms with E-state index < -0.39 is 0 Å². The number of nitrogens with one attached hydrogen (secondary N) is 2. The minimum absolute atomic E-state index is 0.0726. The fourth-order valence-electron chi connectivity index (χ4n) is 3.62. The summed E-state index contributed by atoms with van der Waals surface area (Å²) in [6, 6.07) is 4.23. The number of oxazole rings is 1. The van der Waals surface area contributed by atoms with E-state index in [4.69, 9.17) is 9.40 Å². The maximum atomic E-state index is 13.0. The summed E-state index contributed by atoms with van der Waals surface area (Å²) in [5.74, 6) is 1.25. The van der Waals surface area contributed by atoms with Crippen LogP contribution in [0.2, 0.25) is 0 Å². The first-order valence-corrected chi connectivity index (χ1v) is 9.37. The molecule has 0 bridgehead atoms. The van der Waals surface area contributed by atoms with Gasteiger partial charge in [-0.3, -0.25) is 9.89 Å². The highest BCUT2D eigenvalue weighted by molar-refractivity contribution is 5.93. The lowest BCUT2D eigenvalue weighted by Gasteiger charge is -2.35. The van der Waals surface area contributed by atoms with Crippen molar-refractivity contribution in [2.75, 3.05) is 11.9 Å². The molecule has 0 spiro atoms. The second-order valence-corrected chi connectivity index (χ2v) is 7.27. The number of aromatic amines is 1. The summed E-state index contributed by atoms with van der Waals surface area (Å²) < 4.78 is 5.21. The number of fused-ring (bicyclic) bond motifs is 1. The number of carbonyl (C=O) groups excluding carboxylic acids is 1. The van der Waals surface area contributed by atoms with E-state index in [1.807, 2.05) is 17.0 Å². The highest BCUT2D eigenvalue weighted by Crippen LogP contribution is 2.33. The second kappa shape index (κ2) is 7.02. The maximum Gasteiger partial charge on any atom is 0.276 e. The minimum Gasteiger partial charge on any atom is -0.448 e.